The number of amides is 1. The van der Waals surface area contributed by atoms with E-state index in [2.05, 4.69) is 32.9 Å². The minimum Gasteiger partial charge on any atom is -0.325 e. The number of piperazine rings is 1. The van der Waals surface area contributed by atoms with E-state index in [0.29, 0.717) is 18.8 Å². The second-order valence-electron chi connectivity index (χ2n) is 9.32. The van der Waals surface area contributed by atoms with E-state index in [4.69, 9.17) is 4.98 Å². The molecule has 0 saturated carbocycles. The van der Waals surface area contributed by atoms with Crippen molar-refractivity contribution in [1.82, 2.24) is 23.7 Å². The fourth-order valence-electron chi connectivity index (χ4n) is 4.96. The number of aryl methyl sites for hydroxylation is 1. The van der Waals surface area contributed by atoms with Crippen molar-refractivity contribution in [2.75, 3.05) is 43.5 Å². The number of carbonyl (C=O) groups excluding carboxylic acids is 1. The Morgan fingerprint density at radius 2 is 2.00 bits per heavy atom. The fourth-order valence-corrected chi connectivity index (χ4v) is 8.07. The standard InChI is InChI=1S/C27H32N6O3S3/c1-3-32-23-8-7-21(18-22(23)30-26(32)20-9-11-28-12-10-20)29-27(34)24-19-31(13-5-16-37-2)14-15-33(24)39(35,36)25-6-4-17-38-25/h4,6-12,17-18,24H,3,5,13-16,19H2,1-2H3,(H,29,34)/t24-/m0/s1. The Morgan fingerprint density at radius 1 is 1.18 bits per heavy atom. The molecule has 1 amide bonds. The summed E-state index contributed by atoms with van der Waals surface area (Å²) in [6.07, 6.45) is 6.54. The predicted octanol–water partition coefficient (Wildman–Crippen LogP) is 4.25. The zero-order chi connectivity index (χ0) is 27.4. The number of anilines is 1. The smallest absolute Gasteiger partial charge is 0.253 e. The van der Waals surface area contributed by atoms with Crippen LogP contribution in [0.2, 0.25) is 0 Å². The molecule has 12 heteroatoms. The first kappa shape index (κ1) is 27.8. The summed E-state index contributed by atoms with van der Waals surface area (Å²) >= 11 is 2.96. The lowest BCUT2D eigenvalue weighted by Gasteiger charge is -2.39. The maximum atomic E-state index is 13.7. The molecule has 39 heavy (non-hydrogen) atoms. The second kappa shape index (κ2) is 12.2. The van der Waals surface area contributed by atoms with Gasteiger partial charge in [0.05, 0.1) is 11.0 Å². The average Bonchev–Trinajstić information content (AvgIpc) is 3.62. The van der Waals surface area contributed by atoms with Crippen molar-refractivity contribution >= 4 is 55.7 Å². The van der Waals surface area contributed by atoms with Gasteiger partial charge in [-0.15, -0.1) is 11.3 Å². The van der Waals surface area contributed by atoms with Gasteiger partial charge in [0.2, 0.25) is 5.91 Å². The first-order chi connectivity index (χ1) is 18.9. The van der Waals surface area contributed by atoms with Gasteiger partial charge in [-0.3, -0.25) is 14.7 Å². The summed E-state index contributed by atoms with van der Waals surface area (Å²) in [5.41, 5.74) is 3.27. The molecule has 206 valence electrons. The molecule has 0 unspecified atom stereocenters. The van der Waals surface area contributed by atoms with E-state index in [0.717, 1.165) is 47.7 Å². The molecule has 5 rings (SSSR count). The van der Waals surface area contributed by atoms with Gasteiger partial charge in [0, 0.05) is 49.8 Å². The van der Waals surface area contributed by atoms with Crippen LogP contribution in [0.1, 0.15) is 13.3 Å². The predicted molar refractivity (Wildman–Crippen MR) is 159 cm³/mol. The first-order valence-corrected chi connectivity index (χ1v) is 16.6. The zero-order valence-corrected chi connectivity index (χ0v) is 24.4. The van der Waals surface area contributed by atoms with Crippen LogP contribution in [0.3, 0.4) is 0 Å². The van der Waals surface area contributed by atoms with Crippen molar-refractivity contribution in [2.45, 2.75) is 30.1 Å². The van der Waals surface area contributed by atoms with Crippen molar-refractivity contribution in [3.8, 4) is 11.4 Å². The minimum absolute atomic E-state index is 0.256. The van der Waals surface area contributed by atoms with Crippen LogP contribution in [0.15, 0.2) is 64.4 Å². The van der Waals surface area contributed by atoms with E-state index in [1.165, 1.54) is 15.6 Å². The quantitative estimate of drug-likeness (QED) is 0.278. The number of carbonyl (C=O) groups is 1. The average molecular weight is 585 g/mol. The molecule has 0 bridgehead atoms. The Kier molecular flexibility index (Phi) is 8.67. The van der Waals surface area contributed by atoms with Gasteiger partial charge in [-0.1, -0.05) is 6.07 Å². The third-order valence-corrected chi connectivity index (χ3v) is 10.8. The van der Waals surface area contributed by atoms with Crippen molar-refractivity contribution in [3.63, 3.8) is 0 Å². The summed E-state index contributed by atoms with van der Waals surface area (Å²) in [6.45, 7) is 4.86. The number of thiophene rings is 1. The van der Waals surface area contributed by atoms with Gasteiger partial charge in [0.15, 0.2) is 0 Å². The molecule has 4 heterocycles. The molecule has 1 aliphatic rings. The lowest BCUT2D eigenvalue weighted by atomic mass is 10.1. The van der Waals surface area contributed by atoms with Crippen molar-refractivity contribution in [3.05, 3.63) is 60.2 Å². The topological polar surface area (TPSA) is 100 Å². The van der Waals surface area contributed by atoms with Gasteiger partial charge in [-0.25, -0.2) is 13.4 Å². The van der Waals surface area contributed by atoms with E-state index in [9.17, 15) is 13.2 Å². The van der Waals surface area contributed by atoms with Gasteiger partial charge in [0.25, 0.3) is 10.0 Å². The highest BCUT2D eigenvalue weighted by molar-refractivity contribution is 7.98. The molecule has 0 radical (unpaired) electrons. The van der Waals surface area contributed by atoms with Crippen LogP contribution in [0, 0.1) is 0 Å². The maximum Gasteiger partial charge on any atom is 0.253 e. The minimum atomic E-state index is -3.79. The Hall–Kier alpha value is -2.77. The summed E-state index contributed by atoms with van der Waals surface area (Å²) < 4.78 is 30.7. The van der Waals surface area contributed by atoms with Crippen molar-refractivity contribution in [1.29, 1.82) is 0 Å². The Balaban J connectivity index is 1.41. The van der Waals surface area contributed by atoms with Crippen LogP contribution in [-0.4, -0.2) is 82.3 Å². The number of thioether (sulfide) groups is 1. The van der Waals surface area contributed by atoms with Crippen LogP contribution < -0.4 is 5.32 Å². The normalized spacial score (nSPS) is 17.0. The first-order valence-electron chi connectivity index (χ1n) is 12.9. The van der Waals surface area contributed by atoms with E-state index in [-0.39, 0.29) is 16.7 Å². The van der Waals surface area contributed by atoms with Crippen molar-refractivity contribution in [2.24, 2.45) is 0 Å². The molecule has 1 aromatic carbocycles. The summed E-state index contributed by atoms with van der Waals surface area (Å²) in [5, 5.41) is 4.74. The van der Waals surface area contributed by atoms with E-state index in [1.807, 2.05) is 30.3 Å². The second-order valence-corrected chi connectivity index (χ2v) is 13.4. The molecule has 9 nitrogen and oxygen atoms in total. The van der Waals surface area contributed by atoms with Crippen LogP contribution >= 0.6 is 23.1 Å². The van der Waals surface area contributed by atoms with Crippen LogP contribution in [0.4, 0.5) is 5.69 Å². The molecule has 0 spiro atoms. The highest BCUT2D eigenvalue weighted by atomic mass is 32.2. The number of aromatic nitrogens is 3. The van der Waals surface area contributed by atoms with Gasteiger partial charge < -0.3 is 9.88 Å². The summed E-state index contributed by atoms with van der Waals surface area (Å²) in [6, 6.07) is 12.0. The molecule has 1 saturated heterocycles. The molecular formula is C27H32N6O3S3. The summed E-state index contributed by atoms with van der Waals surface area (Å²) in [7, 11) is -3.79. The largest absolute Gasteiger partial charge is 0.325 e. The summed E-state index contributed by atoms with van der Waals surface area (Å²) in [5.74, 6) is 1.52. The SMILES string of the molecule is CCn1c(-c2ccncc2)nc2cc(NC(=O)[C@@H]3CN(CCCSC)CCN3S(=O)(=O)c3cccs3)ccc21. The number of nitrogens with one attached hydrogen (secondary N) is 1. The fraction of sp³-hybridized carbons (Fsp3) is 0.370. The molecular weight excluding hydrogens is 553 g/mol. The van der Waals surface area contributed by atoms with Crippen LogP contribution in [0.25, 0.3) is 22.4 Å². The van der Waals surface area contributed by atoms with E-state index < -0.39 is 16.1 Å². The van der Waals surface area contributed by atoms with Gasteiger partial charge in [-0.05, 0) is 73.7 Å². The zero-order valence-electron chi connectivity index (χ0n) is 22.0. The lowest BCUT2D eigenvalue weighted by Crippen LogP contribution is -2.59. The number of hydrogen-bond acceptors (Lipinski definition) is 8. The number of imidazole rings is 1. The van der Waals surface area contributed by atoms with Crippen LogP contribution in [-0.2, 0) is 21.4 Å². The molecule has 3 aromatic heterocycles. The van der Waals surface area contributed by atoms with Gasteiger partial charge >= 0.3 is 0 Å². The molecule has 0 aliphatic carbocycles. The molecule has 1 atom stereocenters. The van der Waals surface area contributed by atoms with Gasteiger partial charge in [-0.2, -0.15) is 16.1 Å². The van der Waals surface area contributed by atoms with E-state index >= 15 is 0 Å². The lowest BCUT2D eigenvalue weighted by molar-refractivity contribution is -0.121. The van der Waals surface area contributed by atoms with E-state index in [1.54, 1.807) is 41.7 Å². The number of hydrogen-bond donors (Lipinski definition) is 1. The molecule has 1 aliphatic heterocycles. The number of fused-ring (bicyclic) bond motifs is 1. The highest BCUT2D eigenvalue weighted by Gasteiger charge is 2.40. The number of nitrogens with zero attached hydrogens (tertiary/aromatic N) is 5. The Labute approximate surface area is 237 Å². The number of rotatable bonds is 10. The molecule has 1 N–H and O–H groups in total. The molecule has 4 aromatic rings. The monoisotopic (exact) mass is 584 g/mol. The van der Waals surface area contributed by atoms with Crippen LogP contribution in [0.5, 0.6) is 0 Å². The molecule has 1 fully saturated rings. The number of benzene rings is 1. The number of sulfonamides is 1. The Bertz CT molecular complexity index is 1520. The third-order valence-electron chi connectivity index (χ3n) is 6.87. The third kappa shape index (κ3) is 5.90. The van der Waals surface area contributed by atoms with Crippen molar-refractivity contribution < 1.29 is 13.2 Å². The maximum absolute atomic E-state index is 13.7. The summed E-state index contributed by atoms with van der Waals surface area (Å²) in [4.78, 5) is 24.8. The van der Waals surface area contributed by atoms with Gasteiger partial charge in [0.1, 0.15) is 16.1 Å². The Morgan fingerprint density at radius 3 is 2.72 bits per heavy atom. The number of pyridine rings is 1. The highest BCUT2D eigenvalue weighted by Crippen LogP contribution is 2.28.